The lowest BCUT2D eigenvalue weighted by atomic mass is 10.2. The Morgan fingerprint density at radius 2 is 2.25 bits per heavy atom. The summed E-state index contributed by atoms with van der Waals surface area (Å²) in [6, 6.07) is 8.00. The van der Waals surface area contributed by atoms with Gasteiger partial charge in [-0.15, -0.1) is 0 Å². The Hall–Kier alpha value is -2.23. The molecule has 3 N–H and O–H groups in total. The highest BCUT2D eigenvalue weighted by atomic mass is 15.0. The molecule has 0 fully saturated rings. The molecule has 4 nitrogen and oxygen atoms in total. The summed E-state index contributed by atoms with van der Waals surface area (Å²) in [5.41, 5.74) is 7.71. The third-order valence-electron chi connectivity index (χ3n) is 2.67. The van der Waals surface area contributed by atoms with Gasteiger partial charge in [0.2, 0.25) is 0 Å². The van der Waals surface area contributed by atoms with Crippen molar-refractivity contribution in [2.45, 2.75) is 6.54 Å². The van der Waals surface area contributed by atoms with E-state index in [0.29, 0.717) is 0 Å². The summed E-state index contributed by atoms with van der Waals surface area (Å²) in [5.74, 6) is 0.953. The van der Waals surface area contributed by atoms with E-state index >= 15 is 0 Å². The second-order valence-electron chi connectivity index (χ2n) is 3.80. The number of nitrogens with two attached hydrogens (primary N) is 1. The van der Waals surface area contributed by atoms with Crippen LogP contribution in [0, 0.1) is 0 Å². The number of fused-ring (bicyclic) bond motifs is 1. The summed E-state index contributed by atoms with van der Waals surface area (Å²) in [4.78, 5) is 7.31. The number of hydrogen-bond donors (Lipinski definition) is 2. The van der Waals surface area contributed by atoms with Crippen LogP contribution in [0.4, 0.5) is 5.69 Å². The Kier molecular flexibility index (Phi) is 1.93. The van der Waals surface area contributed by atoms with Gasteiger partial charge >= 0.3 is 0 Å². The maximum atomic E-state index is 5.74. The molecule has 3 aromatic rings. The zero-order valence-electron chi connectivity index (χ0n) is 8.72. The van der Waals surface area contributed by atoms with Crippen LogP contribution in [-0.2, 0) is 6.54 Å². The first kappa shape index (κ1) is 9.03. The number of anilines is 1. The molecule has 2 heterocycles. The van der Waals surface area contributed by atoms with Gasteiger partial charge in [-0.25, -0.2) is 4.98 Å². The molecule has 0 saturated heterocycles. The van der Waals surface area contributed by atoms with Gasteiger partial charge in [-0.2, -0.15) is 0 Å². The van der Waals surface area contributed by atoms with E-state index in [2.05, 4.69) is 20.6 Å². The zero-order valence-corrected chi connectivity index (χ0v) is 8.72. The molecule has 2 aromatic heterocycles. The van der Waals surface area contributed by atoms with E-state index in [-0.39, 0.29) is 0 Å². The van der Waals surface area contributed by atoms with Crippen molar-refractivity contribution in [3.8, 4) is 0 Å². The van der Waals surface area contributed by atoms with E-state index in [9.17, 15) is 0 Å². The summed E-state index contributed by atoms with van der Waals surface area (Å²) >= 11 is 0. The van der Waals surface area contributed by atoms with Gasteiger partial charge in [-0.3, -0.25) is 0 Å². The van der Waals surface area contributed by atoms with Crippen molar-refractivity contribution in [2.24, 2.45) is 0 Å². The van der Waals surface area contributed by atoms with Gasteiger partial charge in [0, 0.05) is 35.2 Å². The number of benzene rings is 1. The third kappa shape index (κ3) is 1.44. The van der Waals surface area contributed by atoms with Gasteiger partial charge in [0.05, 0.1) is 6.54 Å². The standard InChI is InChI=1S/C12H12N4/c13-10-1-2-11-9(7-10)3-6-16(11)8-12-14-4-5-15-12/h1-7H,8,13H2,(H,14,15). The van der Waals surface area contributed by atoms with Gasteiger partial charge in [0.15, 0.2) is 0 Å². The van der Waals surface area contributed by atoms with Crippen LogP contribution in [0.2, 0.25) is 0 Å². The minimum atomic E-state index is 0.750. The molecule has 0 aliphatic carbocycles. The topological polar surface area (TPSA) is 59.6 Å². The maximum absolute atomic E-state index is 5.74. The summed E-state index contributed by atoms with van der Waals surface area (Å²) in [5, 5.41) is 1.16. The molecule has 0 aliphatic rings. The van der Waals surface area contributed by atoms with E-state index < -0.39 is 0 Å². The quantitative estimate of drug-likeness (QED) is 0.638. The van der Waals surface area contributed by atoms with Crippen LogP contribution in [0.5, 0.6) is 0 Å². The maximum Gasteiger partial charge on any atom is 0.126 e. The number of aromatic amines is 1. The van der Waals surface area contributed by atoms with Crippen molar-refractivity contribution in [1.82, 2.24) is 14.5 Å². The van der Waals surface area contributed by atoms with E-state index in [1.807, 2.05) is 30.6 Å². The SMILES string of the molecule is Nc1ccc2c(ccn2Cc2ncc[nH]2)c1. The summed E-state index contributed by atoms with van der Waals surface area (Å²) < 4.78 is 2.15. The van der Waals surface area contributed by atoms with Gasteiger partial charge in [-0.1, -0.05) is 0 Å². The first-order chi connectivity index (χ1) is 7.83. The smallest absolute Gasteiger partial charge is 0.126 e. The van der Waals surface area contributed by atoms with Crippen LogP contribution in [0.25, 0.3) is 10.9 Å². The number of nitrogen functional groups attached to an aromatic ring is 1. The number of imidazole rings is 1. The number of hydrogen-bond acceptors (Lipinski definition) is 2. The predicted octanol–water partition coefficient (Wildman–Crippen LogP) is 1.99. The van der Waals surface area contributed by atoms with Gasteiger partial charge in [0.25, 0.3) is 0 Å². The highest BCUT2D eigenvalue weighted by Gasteiger charge is 2.02. The Morgan fingerprint density at radius 1 is 1.31 bits per heavy atom. The van der Waals surface area contributed by atoms with Gasteiger partial charge < -0.3 is 15.3 Å². The molecule has 0 amide bonds. The lowest BCUT2D eigenvalue weighted by molar-refractivity contribution is 0.787. The van der Waals surface area contributed by atoms with Crippen molar-refractivity contribution in [3.63, 3.8) is 0 Å². The number of aromatic nitrogens is 3. The molecule has 3 rings (SSSR count). The molecule has 0 bridgehead atoms. The normalized spacial score (nSPS) is 11.0. The number of nitrogens with zero attached hydrogens (tertiary/aromatic N) is 2. The van der Waals surface area contributed by atoms with Crippen LogP contribution in [0.15, 0.2) is 42.9 Å². The molecular weight excluding hydrogens is 200 g/mol. The van der Waals surface area contributed by atoms with Crippen LogP contribution in [0.1, 0.15) is 5.82 Å². The van der Waals surface area contributed by atoms with Gasteiger partial charge in [-0.05, 0) is 24.3 Å². The Morgan fingerprint density at radius 3 is 3.06 bits per heavy atom. The van der Waals surface area contributed by atoms with Gasteiger partial charge in [0.1, 0.15) is 5.82 Å². The summed E-state index contributed by atoms with van der Waals surface area (Å²) in [7, 11) is 0. The fraction of sp³-hybridized carbons (Fsp3) is 0.0833. The molecule has 4 heteroatoms. The van der Waals surface area contributed by atoms with E-state index in [1.165, 1.54) is 5.52 Å². The second-order valence-corrected chi connectivity index (χ2v) is 3.80. The first-order valence-electron chi connectivity index (χ1n) is 5.15. The molecule has 80 valence electrons. The lowest BCUT2D eigenvalue weighted by Gasteiger charge is -2.03. The minimum absolute atomic E-state index is 0.750. The fourth-order valence-corrected chi connectivity index (χ4v) is 1.90. The second kappa shape index (κ2) is 3.41. The monoisotopic (exact) mass is 212 g/mol. The van der Waals surface area contributed by atoms with Crippen LogP contribution in [-0.4, -0.2) is 14.5 Å². The predicted molar refractivity (Wildman–Crippen MR) is 64.0 cm³/mol. The largest absolute Gasteiger partial charge is 0.399 e. The zero-order chi connectivity index (χ0) is 11.0. The van der Waals surface area contributed by atoms with Crippen LogP contribution in [0.3, 0.4) is 0 Å². The number of nitrogens with one attached hydrogen (secondary N) is 1. The van der Waals surface area contributed by atoms with Crippen molar-refractivity contribution in [1.29, 1.82) is 0 Å². The highest BCUT2D eigenvalue weighted by Crippen LogP contribution is 2.19. The molecule has 0 unspecified atom stereocenters. The summed E-state index contributed by atoms with van der Waals surface area (Å²) in [6.45, 7) is 0.750. The van der Waals surface area contributed by atoms with Crippen molar-refractivity contribution in [3.05, 3.63) is 48.7 Å². The minimum Gasteiger partial charge on any atom is -0.399 e. The van der Waals surface area contributed by atoms with E-state index in [1.54, 1.807) is 6.20 Å². The first-order valence-corrected chi connectivity index (χ1v) is 5.15. The highest BCUT2D eigenvalue weighted by molar-refractivity contribution is 5.83. The lowest BCUT2D eigenvalue weighted by Crippen LogP contribution is -1.99. The third-order valence-corrected chi connectivity index (χ3v) is 2.67. The summed E-state index contributed by atoms with van der Waals surface area (Å²) in [6.07, 6.45) is 5.64. The molecule has 1 aromatic carbocycles. The van der Waals surface area contributed by atoms with Crippen molar-refractivity contribution < 1.29 is 0 Å². The van der Waals surface area contributed by atoms with E-state index in [4.69, 9.17) is 5.73 Å². The molecule has 0 atom stereocenters. The molecule has 0 radical (unpaired) electrons. The Labute approximate surface area is 92.7 Å². The Bertz CT molecular complexity index is 607. The molecule has 0 aliphatic heterocycles. The van der Waals surface area contributed by atoms with Crippen LogP contribution >= 0.6 is 0 Å². The molecule has 0 saturated carbocycles. The van der Waals surface area contributed by atoms with Crippen molar-refractivity contribution >= 4 is 16.6 Å². The molecule has 0 spiro atoms. The molecular formula is C12H12N4. The number of rotatable bonds is 2. The fourth-order valence-electron chi connectivity index (χ4n) is 1.90. The Balaban J connectivity index is 2.04. The average molecular weight is 212 g/mol. The molecule has 16 heavy (non-hydrogen) atoms. The van der Waals surface area contributed by atoms with Crippen LogP contribution < -0.4 is 5.73 Å². The van der Waals surface area contributed by atoms with E-state index in [0.717, 1.165) is 23.4 Å². The average Bonchev–Trinajstić information content (AvgIpc) is 2.89. The number of H-pyrrole nitrogens is 1. The van der Waals surface area contributed by atoms with Crippen molar-refractivity contribution in [2.75, 3.05) is 5.73 Å².